The van der Waals surface area contributed by atoms with Crippen LogP contribution in [0.1, 0.15) is 33.2 Å². The summed E-state index contributed by atoms with van der Waals surface area (Å²) in [6.07, 6.45) is 5.65. The fourth-order valence-corrected chi connectivity index (χ4v) is 2.51. The molecule has 4 heteroatoms. The number of amides is 1. The van der Waals surface area contributed by atoms with Crippen molar-refractivity contribution in [2.75, 3.05) is 0 Å². The summed E-state index contributed by atoms with van der Waals surface area (Å²) in [4.78, 5) is 20.9. The molecule has 0 aliphatic rings. The van der Waals surface area contributed by atoms with Crippen LogP contribution in [0.25, 0.3) is 0 Å². The van der Waals surface area contributed by atoms with Crippen LogP contribution in [0.15, 0.2) is 73.2 Å². The van der Waals surface area contributed by atoms with E-state index in [4.69, 9.17) is 0 Å². The highest BCUT2D eigenvalue weighted by atomic mass is 16.1. The molecule has 0 spiro atoms. The van der Waals surface area contributed by atoms with Gasteiger partial charge in [0, 0.05) is 18.6 Å². The van der Waals surface area contributed by atoms with Gasteiger partial charge in [-0.1, -0.05) is 35.9 Å². The summed E-state index contributed by atoms with van der Waals surface area (Å²) in [6, 6.07) is 17.4. The van der Waals surface area contributed by atoms with Gasteiger partial charge in [-0.25, -0.2) is 0 Å². The zero-order valence-corrected chi connectivity index (χ0v) is 13.5. The first-order chi connectivity index (χ1) is 11.7. The maximum atomic E-state index is 12.5. The van der Waals surface area contributed by atoms with Crippen molar-refractivity contribution in [2.24, 2.45) is 0 Å². The molecular formula is C20H19N3O. The van der Waals surface area contributed by atoms with Gasteiger partial charge in [-0.05, 0) is 43.2 Å². The summed E-state index contributed by atoms with van der Waals surface area (Å²) in [6.45, 7) is 2.06. The van der Waals surface area contributed by atoms with Crippen molar-refractivity contribution in [2.45, 2.75) is 19.4 Å². The standard InChI is InChI=1S/C20H19N3O/c1-15-7-9-16(10-8-15)13-19(18-6-2-3-12-22-18)23-20(24)17-5-4-11-21-14-17/h2-12,14,19H,13H2,1H3,(H,23,24)/t19-/m0/s1. The number of pyridine rings is 2. The number of hydrogen-bond donors (Lipinski definition) is 1. The molecule has 0 unspecified atom stereocenters. The van der Waals surface area contributed by atoms with Crippen LogP contribution in [-0.4, -0.2) is 15.9 Å². The molecule has 24 heavy (non-hydrogen) atoms. The van der Waals surface area contributed by atoms with Crippen LogP contribution in [0, 0.1) is 6.92 Å². The lowest BCUT2D eigenvalue weighted by Gasteiger charge is -2.18. The van der Waals surface area contributed by atoms with E-state index >= 15 is 0 Å². The summed E-state index contributed by atoms with van der Waals surface area (Å²) in [5.41, 5.74) is 3.76. The normalized spacial score (nSPS) is 11.7. The van der Waals surface area contributed by atoms with Crippen LogP contribution >= 0.6 is 0 Å². The molecule has 0 radical (unpaired) electrons. The number of hydrogen-bond acceptors (Lipinski definition) is 3. The third-order valence-corrected chi connectivity index (χ3v) is 3.83. The fraction of sp³-hybridized carbons (Fsp3) is 0.150. The summed E-state index contributed by atoms with van der Waals surface area (Å²) in [7, 11) is 0. The first kappa shape index (κ1) is 15.9. The number of carbonyl (C=O) groups excluding carboxylic acids is 1. The smallest absolute Gasteiger partial charge is 0.253 e. The molecule has 4 nitrogen and oxygen atoms in total. The van der Waals surface area contributed by atoms with E-state index in [1.165, 1.54) is 5.56 Å². The highest BCUT2D eigenvalue weighted by Crippen LogP contribution is 2.18. The lowest BCUT2D eigenvalue weighted by molar-refractivity contribution is 0.0935. The Morgan fingerprint density at radius 2 is 1.88 bits per heavy atom. The third-order valence-electron chi connectivity index (χ3n) is 3.83. The number of aromatic nitrogens is 2. The predicted molar refractivity (Wildman–Crippen MR) is 93.6 cm³/mol. The average Bonchev–Trinajstić information content (AvgIpc) is 2.64. The number of rotatable bonds is 5. The molecule has 1 aromatic carbocycles. The summed E-state index contributed by atoms with van der Waals surface area (Å²) in [5, 5.41) is 3.07. The van der Waals surface area contributed by atoms with Gasteiger partial charge in [0.05, 0.1) is 17.3 Å². The largest absolute Gasteiger partial charge is 0.343 e. The number of carbonyl (C=O) groups is 1. The predicted octanol–water partition coefficient (Wildman–Crippen LogP) is 3.50. The first-order valence-electron chi connectivity index (χ1n) is 7.90. The monoisotopic (exact) mass is 317 g/mol. The van der Waals surface area contributed by atoms with Gasteiger partial charge in [0.2, 0.25) is 0 Å². The Kier molecular flexibility index (Phi) is 4.96. The third kappa shape index (κ3) is 4.04. The van der Waals surface area contributed by atoms with E-state index in [1.807, 2.05) is 18.2 Å². The van der Waals surface area contributed by atoms with Crippen LogP contribution in [-0.2, 0) is 6.42 Å². The summed E-state index contributed by atoms with van der Waals surface area (Å²) in [5.74, 6) is -0.147. The number of nitrogens with one attached hydrogen (secondary N) is 1. The molecule has 0 saturated carbocycles. The SMILES string of the molecule is Cc1ccc(C[C@H](NC(=O)c2cccnc2)c2ccccn2)cc1. The maximum Gasteiger partial charge on any atom is 0.253 e. The molecule has 3 aromatic rings. The second kappa shape index (κ2) is 7.51. The first-order valence-corrected chi connectivity index (χ1v) is 7.90. The Morgan fingerprint density at radius 3 is 2.54 bits per heavy atom. The van der Waals surface area contributed by atoms with Crippen LogP contribution in [0.5, 0.6) is 0 Å². The molecule has 0 fully saturated rings. The van der Waals surface area contributed by atoms with E-state index in [9.17, 15) is 4.79 Å². The van der Waals surface area contributed by atoms with E-state index < -0.39 is 0 Å². The van der Waals surface area contributed by atoms with Crippen LogP contribution in [0.4, 0.5) is 0 Å². The summed E-state index contributed by atoms with van der Waals surface area (Å²) >= 11 is 0. The van der Waals surface area contributed by atoms with Gasteiger partial charge in [0.15, 0.2) is 0 Å². The van der Waals surface area contributed by atoms with Gasteiger partial charge in [-0.3, -0.25) is 14.8 Å². The molecule has 1 amide bonds. The highest BCUT2D eigenvalue weighted by molar-refractivity contribution is 5.94. The minimum absolute atomic E-state index is 0.147. The van der Waals surface area contributed by atoms with Gasteiger partial charge in [-0.2, -0.15) is 0 Å². The van der Waals surface area contributed by atoms with Crippen molar-refractivity contribution in [1.29, 1.82) is 0 Å². The molecule has 0 aliphatic carbocycles. The lowest BCUT2D eigenvalue weighted by Crippen LogP contribution is -2.30. The molecule has 0 bridgehead atoms. The Hall–Kier alpha value is -3.01. The van der Waals surface area contributed by atoms with Gasteiger partial charge in [0.25, 0.3) is 5.91 Å². The van der Waals surface area contributed by atoms with Crippen molar-refractivity contribution in [3.63, 3.8) is 0 Å². The fourth-order valence-electron chi connectivity index (χ4n) is 2.51. The van der Waals surface area contributed by atoms with Crippen molar-refractivity contribution in [3.8, 4) is 0 Å². The molecule has 3 rings (SSSR count). The Morgan fingerprint density at radius 1 is 1.04 bits per heavy atom. The second-order valence-electron chi connectivity index (χ2n) is 5.71. The zero-order chi connectivity index (χ0) is 16.8. The van der Waals surface area contributed by atoms with E-state index in [2.05, 4.69) is 46.5 Å². The van der Waals surface area contributed by atoms with Crippen molar-refractivity contribution < 1.29 is 4.79 Å². The minimum Gasteiger partial charge on any atom is -0.343 e. The molecule has 1 N–H and O–H groups in total. The van der Waals surface area contributed by atoms with Gasteiger partial charge >= 0.3 is 0 Å². The second-order valence-corrected chi connectivity index (χ2v) is 5.71. The van der Waals surface area contributed by atoms with Gasteiger partial charge in [-0.15, -0.1) is 0 Å². The maximum absolute atomic E-state index is 12.5. The average molecular weight is 317 g/mol. The van der Waals surface area contributed by atoms with Gasteiger partial charge in [0.1, 0.15) is 0 Å². The molecule has 0 aliphatic heterocycles. The minimum atomic E-state index is -0.193. The van der Waals surface area contributed by atoms with E-state index in [0.717, 1.165) is 11.3 Å². The van der Waals surface area contributed by atoms with Crippen LogP contribution in [0.3, 0.4) is 0 Å². The molecule has 1 atom stereocenters. The Balaban J connectivity index is 1.82. The van der Waals surface area contributed by atoms with Crippen molar-refractivity contribution in [1.82, 2.24) is 15.3 Å². The molecule has 2 heterocycles. The number of benzene rings is 1. The van der Waals surface area contributed by atoms with E-state index in [0.29, 0.717) is 12.0 Å². The quantitative estimate of drug-likeness (QED) is 0.783. The number of aryl methyl sites for hydroxylation is 1. The van der Waals surface area contributed by atoms with Crippen molar-refractivity contribution in [3.05, 3.63) is 95.6 Å². The Bertz CT molecular complexity index is 786. The zero-order valence-electron chi connectivity index (χ0n) is 13.5. The highest BCUT2D eigenvalue weighted by Gasteiger charge is 2.17. The topological polar surface area (TPSA) is 54.9 Å². The number of nitrogens with zero attached hydrogens (tertiary/aromatic N) is 2. The summed E-state index contributed by atoms with van der Waals surface area (Å²) < 4.78 is 0. The molecule has 120 valence electrons. The molecule has 2 aromatic heterocycles. The van der Waals surface area contributed by atoms with Gasteiger partial charge < -0.3 is 5.32 Å². The Labute approximate surface area is 141 Å². The molecular weight excluding hydrogens is 298 g/mol. The van der Waals surface area contributed by atoms with Crippen LogP contribution < -0.4 is 5.32 Å². The van der Waals surface area contributed by atoms with E-state index in [1.54, 1.807) is 30.7 Å². The van der Waals surface area contributed by atoms with E-state index in [-0.39, 0.29) is 11.9 Å². The van der Waals surface area contributed by atoms with Crippen molar-refractivity contribution >= 4 is 5.91 Å². The lowest BCUT2D eigenvalue weighted by atomic mass is 10.0. The molecule has 0 saturated heterocycles. The van der Waals surface area contributed by atoms with Crippen LogP contribution in [0.2, 0.25) is 0 Å².